The van der Waals surface area contributed by atoms with Crippen LogP contribution >= 0.6 is 0 Å². The molecule has 104 valence electrons. The molecule has 2 fully saturated rings. The Kier molecular flexibility index (Phi) is 3.21. The van der Waals surface area contributed by atoms with Crippen LogP contribution in [0.2, 0.25) is 0 Å². The molecule has 1 aliphatic heterocycles. The Morgan fingerprint density at radius 3 is 2.32 bits per heavy atom. The second kappa shape index (κ2) is 4.63. The number of nitrogens with zero attached hydrogens (tertiary/aromatic N) is 1. The van der Waals surface area contributed by atoms with Crippen LogP contribution in [0.4, 0.5) is 0 Å². The maximum absolute atomic E-state index is 2.71. The molecule has 1 aliphatic carbocycles. The Hall–Kier alpha value is -0.820. The summed E-state index contributed by atoms with van der Waals surface area (Å²) in [5.74, 6) is 1.73. The second-order valence-corrected chi connectivity index (χ2v) is 7.47. The fraction of sp³-hybridized carbons (Fsp3) is 0.667. The minimum atomic E-state index is 0.281. The third-order valence-corrected chi connectivity index (χ3v) is 4.98. The minimum Gasteiger partial charge on any atom is -0.291 e. The van der Waals surface area contributed by atoms with Crippen LogP contribution in [0.5, 0.6) is 0 Å². The number of hydrogen-bond donors (Lipinski definition) is 0. The quantitative estimate of drug-likeness (QED) is 0.739. The van der Waals surface area contributed by atoms with Crippen molar-refractivity contribution < 1.29 is 0 Å². The highest BCUT2D eigenvalue weighted by Gasteiger charge is 2.39. The standard InChI is InChI=1S/C18H27N/c1-13-12-16(13)14-8-5-6-9-15(14)17-10-7-11-19(17)18(2,3)4/h5-6,8-9,13,16-17H,7,10-12H2,1-4H3. The molecule has 0 amide bonds. The van der Waals surface area contributed by atoms with E-state index in [4.69, 9.17) is 0 Å². The van der Waals surface area contributed by atoms with Gasteiger partial charge in [-0.05, 0) is 69.5 Å². The van der Waals surface area contributed by atoms with Gasteiger partial charge < -0.3 is 0 Å². The smallest absolute Gasteiger partial charge is 0.0356 e. The molecular formula is C18H27N. The molecule has 3 unspecified atom stereocenters. The van der Waals surface area contributed by atoms with E-state index in [2.05, 4.69) is 56.9 Å². The molecule has 1 heterocycles. The molecule has 1 saturated carbocycles. The van der Waals surface area contributed by atoms with Crippen molar-refractivity contribution in [1.29, 1.82) is 0 Å². The van der Waals surface area contributed by atoms with Crippen LogP contribution in [-0.4, -0.2) is 17.0 Å². The Morgan fingerprint density at radius 2 is 1.74 bits per heavy atom. The van der Waals surface area contributed by atoms with Gasteiger partial charge in [0.25, 0.3) is 0 Å². The van der Waals surface area contributed by atoms with Crippen LogP contribution in [0.25, 0.3) is 0 Å². The fourth-order valence-electron chi connectivity index (χ4n) is 3.80. The Bertz CT molecular complexity index is 457. The normalized spacial score (nSPS) is 31.7. The van der Waals surface area contributed by atoms with Gasteiger partial charge in [-0.1, -0.05) is 31.2 Å². The first-order valence-corrected chi connectivity index (χ1v) is 7.84. The summed E-state index contributed by atoms with van der Waals surface area (Å²) < 4.78 is 0. The lowest BCUT2D eigenvalue weighted by Crippen LogP contribution is -2.40. The van der Waals surface area contributed by atoms with Crippen molar-refractivity contribution in [3.8, 4) is 0 Å². The molecule has 0 bridgehead atoms. The van der Waals surface area contributed by atoms with E-state index in [0.29, 0.717) is 6.04 Å². The van der Waals surface area contributed by atoms with Gasteiger partial charge in [0.05, 0.1) is 0 Å². The highest BCUT2D eigenvalue weighted by Crippen LogP contribution is 2.50. The first kappa shape index (κ1) is 13.2. The molecule has 0 N–H and O–H groups in total. The SMILES string of the molecule is CC1CC1c1ccccc1C1CCCN1C(C)(C)C. The molecule has 1 nitrogen and oxygen atoms in total. The van der Waals surface area contributed by atoms with Crippen LogP contribution in [0.3, 0.4) is 0 Å². The van der Waals surface area contributed by atoms with Gasteiger partial charge in [-0.2, -0.15) is 0 Å². The van der Waals surface area contributed by atoms with E-state index in [9.17, 15) is 0 Å². The number of hydrogen-bond acceptors (Lipinski definition) is 1. The number of rotatable bonds is 2. The summed E-state index contributed by atoms with van der Waals surface area (Å²) in [7, 11) is 0. The zero-order valence-corrected chi connectivity index (χ0v) is 12.8. The summed E-state index contributed by atoms with van der Waals surface area (Å²) in [6.07, 6.45) is 4.06. The van der Waals surface area contributed by atoms with E-state index >= 15 is 0 Å². The molecule has 2 aliphatic rings. The van der Waals surface area contributed by atoms with Gasteiger partial charge in [-0.3, -0.25) is 4.90 Å². The monoisotopic (exact) mass is 257 g/mol. The van der Waals surface area contributed by atoms with E-state index in [0.717, 1.165) is 11.8 Å². The summed E-state index contributed by atoms with van der Waals surface area (Å²) in [6, 6.07) is 9.85. The molecule has 3 atom stereocenters. The molecule has 3 rings (SSSR count). The lowest BCUT2D eigenvalue weighted by Gasteiger charge is -2.38. The van der Waals surface area contributed by atoms with Crippen LogP contribution in [-0.2, 0) is 0 Å². The van der Waals surface area contributed by atoms with E-state index < -0.39 is 0 Å². The molecule has 1 saturated heterocycles. The van der Waals surface area contributed by atoms with Gasteiger partial charge in [-0.25, -0.2) is 0 Å². The molecule has 0 radical (unpaired) electrons. The van der Waals surface area contributed by atoms with Crippen molar-refractivity contribution >= 4 is 0 Å². The topological polar surface area (TPSA) is 3.24 Å². The van der Waals surface area contributed by atoms with Crippen molar-refractivity contribution in [1.82, 2.24) is 4.90 Å². The van der Waals surface area contributed by atoms with Crippen molar-refractivity contribution in [2.75, 3.05) is 6.54 Å². The largest absolute Gasteiger partial charge is 0.291 e. The molecule has 0 spiro atoms. The van der Waals surface area contributed by atoms with E-state index in [1.54, 1.807) is 11.1 Å². The first-order chi connectivity index (χ1) is 8.98. The highest BCUT2D eigenvalue weighted by atomic mass is 15.2. The van der Waals surface area contributed by atoms with Crippen molar-refractivity contribution in [3.63, 3.8) is 0 Å². The van der Waals surface area contributed by atoms with Crippen LogP contribution < -0.4 is 0 Å². The number of benzene rings is 1. The van der Waals surface area contributed by atoms with Gasteiger partial charge in [0.15, 0.2) is 0 Å². The lowest BCUT2D eigenvalue weighted by molar-refractivity contribution is 0.121. The first-order valence-electron chi connectivity index (χ1n) is 7.84. The highest BCUT2D eigenvalue weighted by molar-refractivity contribution is 5.37. The van der Waals surface area contributed by atoms with Crippen LogP contribution in [0, 0.1) is 5.92 Å². The second-order valence-electron chi connectivity index (χ2n) is 7.47. The third kappa shape index (κ3) is 2.45. The minimum absolute atomic E-state index is 0.281. The Morgan fingerprint density at radius 1 is 1.11 bits per heavy atom. The summed E-state index contributed by atoms with van der Waals surface area (Å²) >= 11 is 0. The molecule has 19 heavy (non-hydrogen) atoms. The van der Waals surface area contributed by atoms with Crippen LogP contribution in [0.1, 0.15) is 70.0 Å². The molecule has 0 aromatic heterocycles. The summed E-state index contributed by atoms with van der Waals surface area (Å²) in [5, 5.41) is 0. The molecule has 1 aromatic rings. The van der Waals surface area contributed by atoms with Gasteiger partial charge in [0.2, 0.25) is 0 Å². The fourth-order valence-corrected chi connectivity index (χ4v) is 3.80. The van der Waals surface area contributed by atoms with Crippen LogP contribution in [0.15, 0.2) is 24.3 Å². The average Bonchev–Trinajstić information content (AvgIpc) is 2.90. The van der Waals surface area contributed by atoms with Gasteiger partial charge in [0, 0.05) is 11.6 Å². The zero-order valence-electron chi connectivity index (χ0n) is 12.8. The third-order valence-electron chi connectivity index (χ3n) is 4.98. The van der Waals surface area contributed by atoms with Gasteiger partial charge >= 0.3 is 0 Å². The summed E-state index contributed by atoms with van der Waals surface area (Å²) in [4.78, 5) is 2.71. The summed E-state index contributed by atoms with van der Waals surface area (Å²) in [5.41, 5.74) is 3.53. The van der Waals surface area contributed by atoms with Gasteiger partial charge in [-0.15, -0.1) is 0 Å². The maximum Gasteiger partial charge on any atom is 0.0356 e. The zero-order chi connectivity index (χ0) is 13.6. The lowest BCUT2D eigenvalue weighted by atomic mass is 9.93. The molecule has 1 aromatic carbocycles. The van der Waals surface area contributed by atoms with E-state index in [1.807, 2.05) is 0 Å². The predicted molar refractivity (Wildman–Crippen MR) is 81.4 cm³/mol. The van der Waals surface area contributed by atoms with E-state index in [-0.39, 0.29) is 5.54 Å². The van der Waals surface area contributed by atoms with Crippen molar-refractivity contribution in [2.24, 2.45) is 5.92 Å². The van der Waals surface area contributed by atoms with Crippen molar-refractivity contribution in [3.05, 3.63) is 35.4 Å². The summed E-state index contributed by atoms with van der Waals surface area (Å²) in [6.45, 7) is 10.7. The maximum atomic E-state index is 2.71. The molecular weight excluding hydrogens is 230 g/mol. The van der Waals surface area contributed by atoms with E-state index in [1.165, 1.54) is 25.8 Å². The van der Waals surface area contributed by atoms with Gasteiger partial charge in [0.1, 0.15) is 0 Å². The Balaban J connectivity index is 1.93. The average molecular weight is 257 g/mol. The molecule has 1 heteroatoms. The Labute approximate surface area is 118 Å². The predicted octanol–water partition coefficient (Wildman–Crippen LogP) is 4.75. The number of likely N-dealkylation sites (tertiary alicyclic amines) is 1. The van der Waals surface area contributed by atoms with Crippen molar-refractivity contribution in [2.45, 2.75) is 64.5 Å².